The van der Waals surface area contributed by atoms with E-state index in [-0.39, 0.29) is 22.6 Å². The summed E-state index contributed by atoms with van der Waals surface area (Å²) in [5, 5.41) is 9.56. The minimum Gasteiger partial charge on any atom is -0.508 e. The van der Waals surface area contributed by atoms with Crippen LogP contribution in [0.2, 0.25) is 0 Å². The van der Waals surface area contributed by atoms with E-state index >= 15 is 0 Å². The predicted octanol–water partition coefficient (Wildman–Crippen LogP) is 2.60. The number of carbonyl (C=O) groups is 1. The Bertz CT molecular complexity index is 1010. The molecule has 156 valence electrons. The van der Waals surface area contributed by atoms with Crippen molar-refractivity contribution < 1.29 is 23.1 Å². The molecule has 0 atom stereocenters. The maximum Gasteiger partial charge on any atom is 0.253 e. The molecule has 0 bridgehead atoms. The van der Waals surface area contributed by atoms with Crippen LogP contribution in [0.4, 0.5) is 0 Å². The molecule has 8 heteroatoms. The van der Waals surface area contributed by atoms with Gasteiger partial charge in [-0.3, -0.25) is 4.79 Å². The molecule has 29 heavy (non-hydrogen) atoms. The molecule has 1 heterocycles. The third-order valence-corrected chi connectivity index (χ3v) is 6.81. The summed E-state index contributed by atoms with van der Waals surface area (Å²) in [5.74, 6) is 0.191. The number of benzene rings is 2. The molecule has 0 saturated carbocycles. The molecular weight excluding hydrogens is 392 g/mol. The molecule has 1 aliphatic rings. The molecule has 0 aliphatic carbocycles. The maximum atomic E-state index is 12.9. The highest BCUT2D eigenvalue weighted by Gasteiger charge is 2.29. The van der Waals surface area contributed by atoms with Gasteiger partial charge in [0.05, 0.1) is 7.11 Å². The number of nitrogens with one attached hydrogen (secondary N) is 1. The average Bonchev–Trinajstić information content (AvgIpc) is 2.69. The zero-order valence-corrected chi connectivity index (χ0v) is 17.6. The molecule has 1 saturated heterocycles. The SMILES string of the molecule is COc1cc(C)c(C)cc1S(=O)(=O)NC1CCN(C(=O)c2cccc(O)c2)CC1. The number of hydrogen-bond donors (Lipinski definition) is 2. The second kappa shape index (κ2) is 8.42. The number of nitrogens with zero attached hydrogens (tertiary/aromatic N) is 1. The highest BCUT2D eigenvalue weighted by atomic mass is 32.2. The normalized spacial score (nSPS) is 15.3. The Balaban J connectivity index is 1.67. The van der Waals surface area contributed by atoms with Crippen molar-refractivity contribution in [1.82, 2.24) is 9.62 Å². The molecule has 0 aromatic heterocycles. The largest absolute Gasteiger partial charge is 0.508 e. The Morgan fingerprint density at radius 3 is 2.41 bits per heavy atom. The van der Waals surface area contributed by atoms with E-state index in [4.69, 9.17) is 4.74 Å². The molecule has 7 nitrogen and oxygen atoms in total. The molecule has 1 aliphatic heterocycles. The van der Waals surface area contributed by atoms with Gasteiger partial charge in [-0.15, -0.1) is 0 Å². The summed E-state index contributed by atoms with van der Waals surface area (Å²) in [6, 6.07) is 9.31. The van der Waals surface area contributed by atoms with E-state index in [9.17, 15) is 18.3 Å². The molecule has 2 N–H and O–H groups in total. The highest BCUT2D eigenvalue weighted by Crippen LogP contribution is 2.28. The van der Waals surface area contributed by atoms with E-state index < -0.39 is 10.0 Å². The van der Waals surface area contributed by atoms with Crippen molar-refractivity contribution in [3.8, 4) is 11.5 Å². The number of phenolic OH excluding ortho intramolecular Hbond substituents is 1. The van der Waals surface area contributed by atoms with Crippen molar-refractivity contribution in [3.63, 3.8) is 0 Å². The highest BCUT2D eigenvalue weighted by molar-refractivity contribution is 7.89. The van der Waals surface area contributed by atoms with Gasteiger partial charge in [-0.1, -0.05) is 6.07 Å². The van der Waals surface area contributed by atoms with Crippen molar-refractivity contribution in [2.24, 2.45) is 0 Å². The van der Waals surface area contributed by atoms with Crippen LogP contribution in [0.25, 0.3) is 0 Å². The average molecular weight is 419 g/mol. The fourth-order valence-corrected chi connectivity index (χ4v) is 4.98. The van der Waals surface area contributed by atoms with Gasteiger partial charge in [-0.05, 0) is 68.1 Å². The third kappa shape index (κ3) is 4.71. The van der Waals surface area contributed by atoms with E-state index in [1.807, 2.05) is 13.8 Å². The Labute approximate surface area is 171 Å². The van der Waals surface area contributed by atoms with E-state index in [0.29, 0.717) is 37.2 Å². The van der Waals surface area contributed by atoms with Gasteiger partial charge in [0.1, 0.15) is 16.4 Å². The summed E-state index contributed by atoms with van der Waals surface area (Å²) in [6.45, 7) is 4.64. The standard InChI is InChI=1S/C21H26N2O5S/c1-14-11-19(28-3)20(12-15(14)2)29(26,27)22-17-7-9-23(10-8-17)21(25)16-5-4-6-18(24)13-16/h4-6,11-13,17,22,24H,7-10H2,1-3H3. The first-order valence-corrected chi connectivity index (χ1v) is 11.0. The van der Waals surface area contributed by atoms with E-state index in [0.717, 1.165) is 11.1 Å². The number of methoxy groups -OCH3 is 1. The Kier molecular flexibility index (Phi) is 6.14. The molecule has 2 aromatic rings. The lowest BCUT2D eigenvalue weighted by Crippen LogP contribution is -2.46. The molecule has 3 rings (SSSR count). The number of sulfonamides is 1. The van der Waals surface area contributed by atoms with Crippen LogP contribution in [0, 0.1) is 13.8 Å². The Hall–Kier alpha value is -2.58. The number of carbonyl (C=O) groups excluding carboxylic acids is 1. The summed E-state index contributed by atoms with van der Waals surface area (Å²) in [7, 11) is -2.30. The van der Waals surface area contributed by atoms with E-state index in [1.165, 1.54) is 19.2 Å². The number of ether oxygens (including phenoxy) is 1. The second-order valence-electron chi connectivity index (χ2n) is 7.33. The fraction of sp³-hybridized carbons (Fsp3) is 0.381. The molecule has 0 spiro atoms. The first kappa shape index (κ1) is 21.1. The summed E-state index contributed by atoms with van der Waals surface area (Å²) in [6.07, 6.45) is 1.02. The summed E-state index contributed by atoms with van der Waals surface area (Å²) >= 11 is 0. The molecule has 1 amide bonds. The Morgan fingerprint density at radius 1 is 1.14 bits per heavy atom. The number of amides is 1. The van der Waals surface area contributed by atoms with Gasteiger partial charge in [-0.25, -0.2) is 13.1 Å². The van der Waals surface area contributed by atoms with Crippen molar-refractivity contribution in [2.45, 2.75) is 37.6 Å². The van der Waals surface area contributed by atoms with Crippen LogP contribution in [0.5, 0.6) is 11.5 Å². The molecule has 1 fully saturated rings. The summed E-state index contributed by atoms with van der Waals surface area (Å²) in [4.78, 5) is 14.4. The lowest BCUT2D eigenvalue weighted by Gasteiger charge is -2.32. The molecular formula is C21H26N2O5S. The monoisotopic (exact) mass is 418 g/mol. The number of hydrogen-bond acceptors (Lipinski definition) is 5. The molecule has 2 aromatic carbocycles. The van der Waals surface area contributed by atoms with Crippen LogP contribution >= 0.6 is 0 Å². The van der Waals surface area contributed by atoms with E-state index in [2.05, 4.69) is 4.72 Å². The fourth-order valence-electron chi connectivity index (χ4n) is 3.44. The molecule has 0 radical (unpaired) electrons. The Morgan fingerprint density at radius 2 is 1.79 bits per heavy atom. The van der Waals surface area contributed by atoms with Crippen LogP contribution in [0.3, 0.4) is 0 Å². The summed E-state index contributed by atoms with van der Waals surface area (Å²) in [5.41, 5.74) is 2.25. The summed E-state index contributed by atoms with van der Waals surface area (Å²) < 4.78 is 33.9. The zero-order valence-electron chi connectivity index (χ0n) is 16.8. The van der Waals surface area contributed by atoms with Crippen LogP contribution in [0.15, 0.2) is 41.3 Å². The molecule has 0 unspecified atom stereocenters. The van der Waals surface area contributed by atoms with Crippen molar-refractivity contribution in [1.29, 1.82) is 0 Å². The van der Waals surface area contributed by atoms with Gasteiger partial charge in [0.2, 0.25) is 10.0 Å². The zero-order chi connectivity index (χ0) is 21.2. The number of phenols is 1. The van der Waals surface area contributed by atoms with Crippen LogP contribution in [0.1, 0.15) is 34.3 Å². The van der Waals surface area contributed by atoms with Crippen LogP contribution in [-0.4, -0.2) is 50.6 Å². The van der Waals surface area contributed by atoms with Gasteiger partial charge >= 0.3 is 0 Å². The number of aromatic hydroxyl groups is 1. The minimum absolute atomic E-state index is 0.0424. The number of rotatable bonds is 5. The minimum atomic E-state index is -3.75. The lowest BCUT2D eigenvalue weighted by atomic mass is 10.0. The van der Waals surface area contributed by atoms with Gasteiger partial charge in [0.25, 0.3) is 5.91 Å². The van der Waals surface area contributed by atoms with Crippen molar-refractivity contribution in [3.05, 3.63) is 53.1 Å². The second-order valence-corrected chi connectivity index (χ2v) is 9.01. The first-order valence-electron chi connectivity index (χ1n) is 9.47. The smallest absolute Gasteiger partial charge is 0.253 e. The quantitative estimate of drug-likeness (QED) is 0.778. The number of piperidine rings is 1. The maximum absolute atomic E-state index is 12.9. The topological polar surface area (TPSA) is 95.9 Å². The number of aryl methyl sites for hydroxylation is 2. The van der Waals surface area contributed by atoms with Gasteiger partial charge in [0.15, 0.2) is 0 Å². The third-order valence-electron chi connectivity index (χ3n) is 5.27. The first-order chi connectivity index (χ1) is 13.7. The van der Waals surface area contributed by atoms with Gasteiger partial charge in [-0.2, -0.15) is 0 Å². The number of likely N-dealkylation sites (tertiary alicyclic amines) is 1. The lowest BCUT2D eigenvalue weighted by molar-refractivity contribution is 0.0711. The van der Waals surface area contributed by atoms with E-state index in [1.54, 1.807) is 29.2 Å². The van der Waals surface area contributed by atoms with Crippen LogP contribution in [-0.2, 0) is 10.0 Å². The van der Waals surface area contributed by atoms with Gasteiger partial charge < -0.3 is 14.7 Å². The van der Waals surface area contributed by atoms with Crippen molar-refractivity contribution >= 4 is 15.9 Å². The predicted molar refractivity (Wildman–Crippen MR) is 110 cm³/mol. The van der Waals surface area contributed by atoms with Gasteiger partial charge in [0, 0.05) is 24.7 Å². The van der Waals surface area contributed by atoms with Crippen molar-refractivity contribution in [2.75, 3.05) is 20.2 Å². The van der Waals surface area contributed by atoms with Crippen LogP contribution < -0.4 is 9.46 Å².